The number of benzene rings is 4. The van der Waals surface area contributed by atoms with Gasteiger partial charge in [0, 0.05) is 9.82 Å². The molecule has 178 valence electrons. The maximum Gasteiger partial charge on any atom is 0.120 e. The highest BCUT2D eigenvalue weighted by Gasteiger charge is 2.24. The predicted molar refractivity (Wildman–Crippen MR) is 138 cm³/mol. The molecule has 36 heavy (non-hydrogen) atoms. The Morgan fingerprint density at radius 1 is 0.556 bits per heavy atom. The average Bonchev–Trinajstić information content (AvgIpc) is 2.94. The van der Waals surface area contributed by atoms with E-state index in [1.54, 1.807) is 12.1 Å². The van der Waals surface area contributed by atoms with Crippen molar-refractivity contribution in [2.45, 2.75) is 25.3 Å². The Balaban J connectivity index is 1.57. The summed E-state index contributed by atoms with van der Waals surface area (Å²) in [4.78, 5) is 6.06. The maximum atomic E-state index is 9.32. The van der Waals surface area contributed by atoms with Crippen LogP contribution in [0.1, 0.15) is 34.3 Å². The Morgan fingerprint density at radius 2 is 0.972 bits per heavy atom. The fraction of sp³-hybridized carbons (Fsp3) is 0.143. The first-order valence-corrected chi connectivity index (χ1v) is 11.4. The topological polar surface area (TPSA) is 116 Å². The van der Waals surface area contributed by atoms with Crippen LogP contribution in [0, 0.1) is 0 Å². The van der Waals surface area contributed by atoms with Gasteiger partial charge in [0.2, 0.25) is 0 Å². The minimum absolute atomic E-state index is 0.400. The van der Waals surface area contributed by atoms with Crippen LogP contribution in [0.2, 0.25) is 0 Å². The van der Waals surface area contributed by atoms with E-state index in [0.29, 0.717) is 35.8 Å². The van der Waals surface area contributed by atoms with Crippen LogP contribution in [-0.4, -0.2) is 0 Å². The molecule has 4 aromatic carbocycles. The van der Waals surface area contributed by atoms with Gasteiger partial charge in [-0.2, -0.15) is 0 Å². The molecule has 0 aliphatic rings. The van der Waals surface area contributed by atoms with Crippen molar-refractivity contribution < 1.29 is 9.47 Å². The highest BCUT2D eigenvalue weighted by Crippen LogP contribution is 2.38. The first-order chi connectivity index (χ1) is 17.8. The van der Waals surface area contributed by atoms with Crippen molar-refractivity contribution in [1.82, 2.24) is 0 Å². The van der Waals surface area contributed by atoms with E-state index in [1.165, 1.54) is 0 Å². The molecule has 0 saturated carbocycles. The summed E-state index contributed by atoms with van der Waals surface area (Å²) >= 11 is 0. The van der Waals surface area contributed by atoms with Crippen molar-refractivity contribution in [2.75, 3.05) is 0 Å². The summed E-state index contributed by atoms with van der Waals surface area (Å²) < 4.78 is 11.9. The number of azide groups is 2. The first kappa shape index (κ1) is 24.2. The standard InChI is InChI=1S/C28H24N6O2/c29-33-31-27(23-13-7-15-25(17-23)35-19-21-9-3-1-4-10-21)28(32-34-30)24-14-8-16-26(18-24)36-20-22-11-5-2-6-12-22/h1-18,27-28H,19-20H2/t27-,28-/m1/s1. The van der Waals surface area contributed by atoms with Crippen LogP contribution in [0.25, 0.3) is 20.9 Å². The van der Waals surface area contributed by atoms with Crippen molar-refractivity contribution in [3.8, 4) is 11.5 Å². The molecular weight excluding hydrogens is 452 g/mol. The largest absolute Gasteiger partial charge is 0.489 e. The number of nitrogens with zero attached hydrogens (tertiary/aromatic N) is 6. The van der Waals surface area contributed by atoms with Gasteiger partial charge in [-0.15, -0.1) is 0 Å². The van der Waals surface area contributed by atoms with Crippen LogP contribution in [-0.2, 0) is 13.2 Å². The quantitative estimate of drug-likeness (QED) is 0.123. The molecule has 0 N–H and O–H groups in total. The van der Waals surface area contributed by atoms with Crippen molar-refractivity contribution >= 4 is 0 Å². The van der Waals surface area contributed by atoms with E-state index in [4.69, 9.17) is 9.47 Å². The van der Waals surface area contributed by atoms with E-state index >= 15 is 0 Å². The Bertz CT molecular complexity index is 1260. The van der Waals surface area contributed by atoms with Crippen molar-refractivity contribution in [3.63, 3.8) is 0 Å². The van der Waals surface area contributed by atoms with Crippen molar-refractivity contribution in [2.24, 2.45) is 10.2 Å². The molecule has 8 nitrogen and oxygen atoms in total. The molecule has 4 rings (SSSR count). The molecule has 0 aromatic heterocycles. The second kappa shape index (κ2) is 12.5. The second-order valence-corrected chi connectivity index (χ2v) is 7.99. The van der Waals surface area contributed by atoms with Crippen molar-refractivity contribution in [3.05, 3.63) is 152 Å². The average molecular weight is 477 g/mol. The summed E-state index contributed by atoms with van der Waals surface area (Å²) in [6.07, 6.45) is 0. The lowest BCUT2D eigenvalue weighted by molar-refractivity contribution is 0.305. The predicted octanol–water partition coefficient (Wildman–Crippen LogP) is 8.25. The number of hydrogen-bond acceptors (Lipinski definition) is 4. The van der Waals surface area contributed by atoms with Crippen LogP contribution in [0.5, 0.6) is 11.5 Å². The van der Waals surface area contributed by atoms with Gasteiger partial charge in [-0.1, -0.05) is 95.2 Å². The summed E-state index contributed by atoms with van der Waals surface area (Å²) in [5, 5.41) is 7.98. The smallest absolute Gasteiger partial charge is 0.120 e. The fourth-order valence-electron chi connectivity index (χ4n) is 3.79. The van der Waals surface area contributed by atoms with E-state index < -0.39 is 12.1 Å². The summed E-state index contributed by atoms with van der Waals surface area (Å²) in [5.41, 5.74) is 22.0. The Kier molecular flexibility index (Phi) is 8.43. The summed E-state index contributed by atoms with van der Waals surface area (Å²) in [5.74, 6) is 1.24. The molecule has 0 saturated heterocycles. The lowest BCUT2D eigenvalue weighted by Crippen LogP contribution is -2.08. The van der Waals surface area contributed by atoms with Gasteiger partial charge in [-0.05, 0) is 57.6 Å². The van der Waals surface area contributed by atoms with Gasteiger partial charge in [0.25, 0.3) is 0 Å². The summed E-state index contributed by atoms with van der Waals surface area (Å²) in [7, 11) is 0. The minimum atomic E-state index is -0.782. The molecule has 2 atom stereocenters. The third kappa shape index (κ3) is 6.58. The van der Waals surface area contributed by atoms with Crippen LogP contribution in [0.3, 0.4) is 0 Å². The van der Waals surface area contributed by atoms with Crippen LogP contribution >= 0.6 is 0 Å². The highest BCUT2D eigenvalue weighted by molar-refractivity contribution is 5.37. The zero-order valence-corrected chi connectivity index (χ0v) is 19.5. The summed E-state index contributed by atoms with van der Waals surface area (Å²) in [6.45, 7) is 0.800. The van der Waals surface area contributed by atoms with E-state index in [1.807, 2.05) is 97.1 Å². The number of rotatable bonds is 11. The molecule has 0 heterocycles. The SMILES string of the molecule is [N-]=[N+]=N[C@H](c1cccc(OCc2ccccc2)c1)[C@H](N=[N+]=[N-])c1cccc(OCc2ccccc2)c1. The molecule has 0 unspecified atom stereocenters. The molecule has 4 aromatic rings. The lowest BCUT2D eigenvalue weighted by Gasteiger charge is -2.21. The highest BCUT2D eigenvalue weighted by atomic mass is 16.5. The van der Waals surface area contributed by atoms with Gasteiger partial charge in [-0.25, -0.2) is 0 Å². The van der Waals surface area contributed by atoms with Crippen molar-refractivity contribution in [1.29, 1.82) is 0 Å². The number of hydrogen-bond donors (Lipinski definition) is 0. The molecule has 0 radical (unpaired) electrons. The fourth-order valence-corrected chi connectivity index (χ4v) is 3.79. The molecular formula is C28H24N6O2. The summed E-state index contributed by atoms with van der Waals surface area (Å²) in [6, 6.07) is 32.6. The Morgan fingerprint density at radius 3 is 1.36 bits per heavy atom. The van der Waals surface area contributed by atoms with Gasteiger partial charge in [0.1, 0.15) is 24.7 Å². The molecule has 8 heteroatoms. The van der Waals surface area contributed by atoms with Gasteiger partial charge in [0.15, 0.2) is 0 Å². The van der Waals surface area contributed by atoms with Crippen LogP contribution in [0.15, 0.2) is 119 Å². The molecule has 0 bridgehead atoms. The monoisotopic (exact) mass is 476 g/mol. The van der Waals surface area contributed by atoms with Gasteiger partial charge in [-0.3, -0.25) is 0 Å². The first-order valence-electron chi connectivity index (χ1n) is 11.4. The Labute approximate surface area is 209 Å². The van der Waals surface area contributed by atoms with E-state index in [-0.39, 0.29) is 0 Å². The molecule has 0 aliphatic carbocycles. The third-order valence-electron chi connectivity index (χ3n) is 5.55. The molecule has 0 fully saturated rings. The Hall–Kier alpha value is -4.90. The molecule has 0 spiro atoms. The maximum absolute atomic E-state index is 9.32. The minimum Gasteiger partial charge on any atom is -0.489 e. The lowest BCUT2D eigenvalue weighted by atomic mass is 9.94. The molecule has 0 aliphatic heterocycles. The second-order valence-electron chi connectivity index (χ2n) is 7.99. The molecule has 0 amide bonds. The van der Waals surface area contributed by atoms with E-state index in [0.717, 1.165) is 11.1 Å². The van der Waals surface area contributed by atoms with Gasteiger partial charge in [0.05, 0.1) is 12.1 Å². The van der Waals surface area contributed by atoms with Gasteiger partial charge < -0.3 is 9.47 Å². The zero-order chi connectivity index (χ0) is 25.0. The van der Waals surface area contributed by atoms with Crippen LogP contribution in [0.4, 0.5) is 0 Å². The third-order valence-corrected chi connectivity index (χ3v) is 5.55. The number of ether oxygens (including phenoxy) is 2. The van der Waals surface area contributed by atoms with Gasteiger partial charge >= 0.3 is 0 Å². The van der Waals surface area contributed by atoms with Crippen LogP contribution < -0.4 is 9.47 Å². The normalized spacial score (nSPS) is 11.9. The van der Waals surface area contributed by atoms with E-state index in [2.05, 4.69) is 20.1 Å². The zero-order valence-electron chi connectivity index (χ0n) is 19.5. The van der Waals surface area contributed by atoms with E-state index in [9.17, 15) is 11.1 Å².